The van der Waals surface area contributed by atoms with E-state index >= 15 is 0 Å². The summed E-state index contributed by atoms with van der Waals surface area (Å²) in [6, 6.07) is 8.62. The van der Waals surface area contributed by atoms with Gasteiger partial charge in [-0.1, -0.05) is 11.8 Å². The number of thioether (sulfide) groups is 1. The highest BCUT2D eigenvalue weighted by atomic mass is 32.2. The second-order valence-electron chi connectivity index (χ2n) is 6.81. The summed E-state index contributed by atoms with van der Waals surface area (Å²) in [5, 5.41) is 8.51. The molecule has 1 fully saturated rings. The van der Waals surface area contributed by atoms with Gasteiger partial charge in [0.2, 0.25) is 0 Å². The molecule has 8 heteroatoms. The monoisotopic (exact) mass is 388 g/mol. The van der Waals surface area contributed by atoms with Crippen LogP contribution in [0, 0.1) is 11.7 Å². The van der Waals surface area contributed by atoms with E-state index < -0.39 is 5.54 Å². The molecule has 0 amide bonds. The number of hydrogen-bond donors (Lipinski definition) is 1. The minimum absolute atomic E-state index is 0.0190. The van der Waals surface area contributed by atoms with E-state index in [0.29, 0.717) is 23.0 Å². The Labute approximate surface area is 161 Å². The van der Waals surface area contributed by atoms with E-state index in [1.165, 1.54) is 17.8 Å². The van der Waals surface area contributed by atoms with Gasteiger partial charge in [0, 0.05) is 36.1 Å². The van der Waals surface area contributed by atoms with Crippen molar-refractivity contribution in [3.63, 3.8) is 0 Å². The van der Waals surface area contributed by atoms with Crippen molar-refractivity contribution in [1.29, 1.82) is 0 Å². The van der Waals surface area contributed by atoms with Crippen molar-refractivity contribution in [2.45, 2.75) is 18.1 Å². The van der Waals surface area contributed by atoms with Gasteiger partial charge in [-0.3, -0.25) is 0 Å². The second-order valence-corrected chi connectivity index (χ2v) is 7.85. The first kappa shape index (κ1) is 18.3. The minimum Gasteiger partial charge on any atom is -0.382 e. The highest BCUT2D eigenvalue weighted by molar-refractivity contribution is 8.13. The first-order valence-corrected chi connectivity index (χ1v) is 9.77. The molecule has 0 aliphatic carbocycles. The summed E-state index contributed by atoms with van der Waals surface area (Å²) in [4.78, 5) is 4.71. The van der Waals surface area contributed by atoms with Crippen LogP contribution in [0.1, 0.15) is 12.0 Å². The Morgan fingerprint density at radius 2 is 2.30 bits per heavy atom. The number of ether oxygens (including phenoxy) is 2. The lowest BCUT2D eigenvalue weighted by Gasteiger charge is -2.46. The van der Waals surface area contributed by atoms with Gasteiger partial charge in [-0.05, 0) is 36.8 Å². The molecule has 0 radical (unpaired) electrons. The maximum absolute atomic E-state index is 15.0. The molecule has 2 aromatic rings. The zero-order valence-electron chi connectivity index (χ0n) is 15.0. The molecule has 0 spiro atoms. The van der Waals surface area contributed by atoms with Crippen molar-refractivity contribution in [1.82, 2.24) is 10.2 Å². The molecule has 1 unspecified atom stereocenters. The molecule has 1 aromatic carbocycles. The van der Waals surface area contributed by atoms with E-state index in [9.17, 15) is 4.39 Å². The Morgan fingerprint density at radius 3 is 3.07 bits per heavy atom. The topological polar surface area (TPSA) is 82.6 Å². The van der Waals surface area contributed by atoms with Gasteiger partial charge in [0.25, 0.3) is 0 Å². The van der Waals surface area contributed by atoms with Crippen LogP contribution in [0.2, 0.25) is 0 Å². The maximum atomic E-state index is 15.0. The Balaban J connectivity index is 1.78. The standard InChI is InChI=1S/C19H21FN4O2S/c1-25-9-14-8-13-10-27-18(21)23-19(13,11-26-14)15-7-12(4-5-16(15)20)17-3-2-6-22-24-17/h2-7,13-14H,8-11H2,1H3,(H2,21,23)/t13?,14-,19+/m1/s1. The minimum atomic E-state index is -0.831. The molecule has 142 valence electrons. The molecular weight excluding hydrogens is 367 g/mol. The second kappa shape index (κ2) is 7.53. The predicted octanol–water partition coefficient (Wildman–Crippen LogP) is 2.59. The molecule has 2 aliphatic rings. The smallest absolute Gasteiger partial charge is 0.154 e. The van der Waals surface area contributed by atoms with E-state index in [4.69, 9.17) is 20.2 Å². The average Bonchev–Trinajstić information content (AvgIpc) is 2.69. The number of methoxy groups -OCH3 is 1. The van der Waals surface area contributed by atoms with Gasteiger partial charge < -0.3 is 15.2 Å². The van der Waals surface area contributed by atoms with Gasteiger partial charge >= 0.3 is 0 Å². The molecule has 3 atom stereocenters. The van der Waals surface area contributed by atoms with Crippen LogP contribution >= 0.6 is 11.8 Å². The highest BCUT2D eigenvalue weighted by Gasteiger charge is 2.49. The van der Waals surface area contributed by atoms with E-state index in [0.717, 1.165) is 17.7 Å². The van der Waals surface area contributed by atoms with Crippen LogP contribution in [0.3, 0.4) is 0 Å². The third kappa shape index (κ3) is 3.44. The molecule has 2 aliphatic heterocycles. The van der Waals surface area contributed by atoms with Crippen LogP contribution in [0.4, 0.5) is 4.39 Å². The van der Waals surface area contributed by atoms with Crippen molar-refractivity contribution in [3.8, 4) is 11.3 Å². The molecule has 3 heterocycles. The van der Waals surface area contributed by atoms with E-state index in [1.807, 2.05) is 6.07 Å². The van der Waals surface area contributed by atoms with Crippen molar-refractivity contribution < 1.29 is 13.9 Å². The Morgan fingerprint density at radius 1 is 1.41 bits per heavy atom. The third-order valence-corrected chi connectivity index (χ3v) is 6.11. The average molecular weight is 388 g/mol. The SMILES string of the molecule is COC[C@H]1CC2CSC(N)=N[C@@]2(c2cc(-c3cccnn3)ccc2F)CO1. The number of fused-ring (bicyclic) bond motifs is 1. The molecule has 0 bridgehead atoms. The number of amidine groups is 1. The number of halogens is 1. The number of nitrogens with two attached hydrogens (primary N) is 1. The van der Waals surface area contributed by atoms with Crippen molar-refractivity contribution in [2.75, 3.05) is 26.1 Å². The van der Waals surface area contributed by atoms with Crippen LogP contribution in [0.5, 0.6) is 0 Å². The lowest BCUT2D eigenvalue weighted by Crippen LogP contribution is -2.51. The Hall–Kier alpha value is -2.03. The fourth-order valence-electron chi connectivity index (χ4n) is 3.82. The lowest BCUT2D eigenvalue weighted by molar-refractivity contribution is -0.0836. The summed E-state index contributed by atoms with van der Waals surface area (Å²) in [7, 11) is 1.65. The summed E-state index contributed by atoms with van der Waals surface area (Å²) < 4.78 is 26.2. The van der Waals surface area contributed by atoms with Gasteiger partial charge in [0.1, 0.15) is 11.4 Å². The fraction of sp³-hybridized carbons (Fsp3) is 0.421. The van der Waals surface area contributed by atoms with Gasteiger partial charge in [-0.25, -0.2) is 9.38 Å². The van der Waals surface area contributed by atoms with Crippen molar-refractivity contribution in [2.24, 2.45) is 16.6 Å². The van der Waals surface area contributed by atoms with Crippen molar-refractivity contribution in [3.05, 3.63) is 47.9 Å². The van der Waals surface area contributed by atoms with E-state index in [1.54, 1.807) is 31.5 Å². The summed E-state index contributed by atoms with van der Waals surface area (Å²) in [5.41, 5.74) is 7.18. The van der Waals surface area contributed by atoms with Crippen LogP contribution in [0.25, 0.3) is 11.3 Å². The predicted molar refractivity (Wildman–Crippen MR) is 103 cm³/mol. The number of nitrogens with zero attached hydrogens (tertiary/aromatic N) is 3. The van der Waals surface area contributed by atoms with Crippen molar-refractivity contribution >= 4 is 16.9 Å². The number of hydrogen-bond acceptors (Lipinski definition) is 7. The van der Waals surface area contributed by atoms with Crippen LogP contribution in [-0.4, -0.2) is 47.5 Å². The number of benzene rings is 1. The van der Waals surface area contributed by atoms with Crippen LogP contribution in [-0.2, 0) is 15.0 Å². The molecule has 27 heavy (non-hydrogen) atoms. The zero-order valence-corrected chi connectivity index (χ0v) is 15.8. The van der Waals surface area contributed by atoms with Gasteiger partial charge in [0.15, 0.2) is 5.17 Å². The molecule has 2 N–H and O–H groups in total. The first-order valence-electron chi connectivity index (χ1n) is 8.79. The highest BCUT2D eigenvalue weighted by Crippen LogP contribution is 2.47. The molecule has 6 nitrogen and oxygen atoms in total. The lowest BCUT2D eigenvalue weighted by atomic mass is 9.74. The summed E-state index contributed by atoms with van der Waals surface area (Å²) in [6.07, 6.45) is 2.33. The molecular formula is C19H21FN4O2S. The summed E-state index contributed by atoms with van der Waals surface area (Å²) in [6.45, 7) is 0.784. The number of aromatic nitrogens is 2. The van der Waals surface area contributed by atoms with Gasteiger partial charge in [-0.15, -0.1) is 0 Å². The van der Waals surface area contributed by atoms with Crippen LogP contribution in [0.15, 0.2) is 41.5 Å². The summed E-state index contributed by atoms with van der Waals surface area (Å²) in [5.74, 6) is 0.563. The molecule has 1 aromatic heterocycles. The maximum Gasteiger partial charge on any atom is 0.154 e. The Kier molecular flexibility index (Phi) is 5.12. The molecule has 4 rings (SSSR count). The number of aliphatic imine (C=N–C) groups is 1. The van der Waals surface area contributed by atoms with E-state index in [2.05, 4.69) is 10.2 Å². The Bertz CT molecular complexity index is 851. The normalized spacial score (nSPS) is 27.7. The summed E-state index contributed by atoms with van der Waals surface area (Å²) >= 11 is 1.51. The quantitative estimate of drug-likeness (QED) is 0.867. The number of rotatable bonds is 4. The van der Waals surface area contributed by atoms with Gasteiger partial charge in [-0.2, -0.15) is 10.2 Å². The molecule has 1 saturated heterocycles. The van der Waals surface area contributed by atoms with E-state index in [-0.39, 0.29) is 24.4 Å². The first-order chi connectivity index (χ1) is 13.1. The third-order valence-electron chi connectivity index (χ3n) is 5.16. The van der Waals surface area contributed by atoms with Crippen LogP contribution < -0.4 is 5.73 Å². The van der Waals surface area contributed by atoms with Gasteiger partial charge in [0.05, 0.1) is 25.0 Å². The zero-order chi connectivity index (χ0) is 18.9. The molecule has 0 saturated carbocycles. The largest absolute Gasteiger partial charge is 0.382 e. The fourth-order valence-corrected chi connectivity index (χ4v) is 4.83.